The highest BCUT2D eigenvalue weighted by atomic mass is 16.7. The third-order valence-corrected chi connectivity index (χ3v) is 1.54. The Labute approximate surface area is 77.7 Å². The monoisotopic (exact) mass is 182 g/mol. The normalized spacial score (nSPS) is 10.0. The van der Waals surface area contributed by atoms with Crippen molar-refractivity contribution in [1.29, 1.82) is 0 Å². The number of hydrogen-bond donors (Lipinski definition) is 1. The summed E-state index contributed by atoms with van der Waals surface area (Å²) in [5.74, 6) is 0.711. The predicted molar refractivity (Wildman–Crippen MR) is 49.5 cm³/mol. The Kier molecular flexibility index (Phi) is 4.21. The van der Waals surface area contributed by atoms with E-state index in [0.29, 0.717) is 12.3 Å². The maximum atomic E-state index is 5.39. The van der Waals surface area contributed by atoms with Crippen molar-refractivity contribution in [3.8, 4) is 5.75 Å². The molecule has 0 saturated carbocycles. The lowest BCUT2D eigenvalue weighted by Gasteiger charge is -2.04. The minimum absolute atomic E-state index is 0.248. The zero-order valence-corrected chi connectivity index (χ0v) is 7.69. The van der Waals surface area contributed by atoms with Crippen LogP contribution in [0.4, 0.5) is 0 Å². The van der Waals surface area contributed by atoms with Gasteiger partial charge in [-0.15, -0.1) is 0 Å². The van der Waals surface area contributed by atoms with Crippen molar-refractivity contribution in [1.82, 2.24) is 4.98 Å². The number of rotatable bonds is 5. The first-order chi connectivity index (χ1) is 6.36. The van der Waals surface area contributed by atoms with Gasteiger partial charge in [0.05, 0.1) is 6.20 Å². The van der Waals surface area contributed by atoms with Crippen molar-refractivity contribution >= 4 is 0 Å². The molecular weight excluding hydrogens is 168 g/mol. The van der Waals surface area contributed by atoms with Crippen LogP contribution in [0.15, 0.2) is 18.3 Å². The van der Waals surface area contributed by atoms with Gasteiger partial charge in [0.15, 0.2) is 6.79 Å². The highest BCUT2D eigenvalue weighted by molar-refractivity contribution is 5.19. The van der Waals surface area contributed by atoms with E-state index >= 15 is 0 Å². The molecule has 4 nitrogen and oxygen atoms in total. The third kappa shape index (κ3) is 3.40. The molecule has 0 radical (unpaired) electrons. The quantitative estimate of drug-likeness (QED) is 0.676. The SMILES string of the molecule is COCOc1ccc(CCN)nc1. The molecule has 0 unspecified atom stereocenters. The van der Waals surface area contributed by atoms with Crippen molar-refractivity contribution in [3.05, 3.63) is 24.0 Å². The molecule has 0 aromatic carbocycles. The van der Waals surface area contributed by atoms with E-state index < -0.39 is 0 Å². The van der Waals surface area contributed by atoms with Crippen LogP contribution in [-0.4, -0.2) is 25.4 Å². The zero-order valence-electron chi connectivity index (χ0n) is 7.69. The molecular formula is C9H14N2O2. The molecule has 1 heterocycles. The summed E-state index contributed by atoms with van der Waals surface area (Å²) in [5.41, 5.74) is 6.37. The second kappa shape index (κ2) is 5.50. The van der Waals surface area contributed by atoms with Gasteiger partial charge < -0.3 is 15.2 Å². The van der Waals surface area contributed by atoms with E-state index in [9.17, 15) is 0 Å². The van der Waals surface area contributed by atoms with Gasteiger partial charge in [-0.25, -0.2) is 0 Å². The summed E-state index contributed by atoms with van der Waals surface area (Å²) in [7, 11) is 1.58. The van der Waals surface area contributed by atoms with Crippen LogP contribution in [0.2, 0.25) is 0 Å². The van der Waals surface area contributed by atoms with Crippen LogP contribution >= 0.6 is 0 Å². The molecule has 0 aliphatic rings. The van der Waals surface area contributed by atoms with E-state index in [1.807, 2.05) is 12.1 Å². The third-order valence-electron chi connectivity index (χ3n) is 1.54. The fourth-order valence-electron chi connectivity index (χ4n) is 0.919. The number of hydrogen-bond acceptors (Lipinski definition) is 4. The van der Waals surface area contributed by atoms with Crippen LogP contribution in [0.25, 0.3) is 0 Å². The van der Waals surface area contributed by atoms with Gasteiger partial charge in [0.2, 0.25) is 0 Å². The van der Waals surface area contributed by atoms with E-state index in [-0.39, 0.29) is 6.79 Å². The second-order valence-electron chi connectivity index (χ2n) is 2.57. The average Bonchev–Trinajstić information content (AvgIpc) is 2.17. The van der Waals surface area contributed by atoms with E-state index in [2.05, 4.69) is 4.98 Å². The molecule has 0 aliphatic heterocycles. The van der Waals surface area contributed by atoms with Crippen molar-refractivity contribution in [2.24, 2.45) is 5.73 Å². The van der Waals surface area contributed by atoms with Gasteiger partial charge in [-0.05, 0) is 18.7 Å². The van der Waals surface area contributed by atoms with Gasteiger partial charge >= 0.3 is 0 Å². The van der Waals surface area contributed by atoms with Gasteiger partial charge in [0.25, 0.3) is 0 Å². The highest BCUT2D eigenvalue weighted by Crippen LogP contribution is 2.08. The Morgan fingerprint density at radius 1 is 1.46 bits per heavy atom. The topological polar surface area (TPSA) is 57.4 Å². The zero-order chi connectivity index (χ0) is 9.52. The molecule has 4 heteroatoms. The summed E-state index contributed by atoms with van der Waals surface area (Å²) in [4.78, 5) is 4.16. The lowest BCUT2D eigenvalue weighted by molar-refractivity contribution is 0.0508. The van der Waals surface area contributed by atoms with Gasteiger partial charge in [0, 0.05) is 19.2 Å². The summed E-state index contributed by atoms with van der Waals surface area (Å²) >= 11 is 0. The number of aromatic nitrogens is 1. The minimum Gasteiger partial charge on any atom is -0.466 e. The van der Waals surface area contributed by atoms with Crippen LogP contribution in [0.3, 0.4) is 0 Å². The van der Waals surface area contributed by atoms with Gasteiger partial charge in [-0.1, -0.05) is 0 Å². The standard InChI is InChI=1S/C9H14N2O2/c1-12-7-13-9-3-2-8(4-5-10)11-6-9/h2-3,6H,4-5,7,10H2,1H3. The average molecular weight is 182 g/mol. The summed E-state index contributed by atoms with van der Waals surface area (Å²) in [5, 5.41) is 0. The number of methoxy groups -OCH3 is 1. The Morgan fingerprint density at radius 2 is 2.31 bits per heavy atom. The molecule has 1 aromatic heterocycles. The van der Waals surface area contributed by atoms with Crippen LogP contribution < -0.4 is 10.5 Å². The van der Waals surface area contributed by atoms with Crippen molar-refractivity contribution in [2.75, 3.05) is 20.4 Å². The molecule has 0 bridgehead atoms. The van der Waals surface area contributed by atoms with Crippen LogP contribution in [0.5, 0.6) is 5.75 Å². The highest BCUT2D eigenvalue weighted by Gasteiger charge is 1.95. The minimum atomic E-state index is 0.248. The second-order valence-corrected chi connectivity index (χ2v) is 2.57. The number of nitrogens with zero attached hydrogens (tertiary/aromatic N) is 1. The molecule has 0 aliphatic carbocycles. The fraction of sp³-hybridized carbons (Fsp3) is 0.444. The molecule has 1 aromatic rings. The van der Waals surface area contributed by atoms with Crippen molar-refractivity contribution in [3.63, 3.8) is 0 Å². The summed E-state index contributed by atoms with van der Waals surface area (Å²) in [6, 6.07) is 3.76. The summed E-state index contributed by atoms with van der Waals surface area (Å²) < 4.78 is 9.93. The van der Waals surface area contributed by atoms with Crippen LogP contribution in [0, 0.1) is 0 Å². The molecule has 1 rings (SSSR count). The summed E-state index contributed by atoms with van der Waals surface area (Å²) in [6.45, 7) is 0.864. The van der Waals surface area contributed by atoms with Gasteiger partial charge in [-0.3, -0.25) is 4.98 Å². The lowest BCUT2D eigenvalue weighted by Crippen LogP contribution is -2.04. The molecule has 2 N–H and O–H groups in total. The van der Waals surface area contributed by atoms with Gasteiger partial charge in [0.1, 0.15) is 5.75 Å². The smallest absolute Gasteiger partial charge is 0.188 e. The number of nitrogens with two attached hydrogens (primary N) is 1. The molecule has 0 spiro atoms. The van der Waals surface area contributed by atoms with E-state index in [4.69, 9.17) is 15.2 Å². The first-order valence-electron chi connectivity index (χ1n) is 4.13. The Balaban J connectivity index is 2.48. The Bertz CT molecular complexity index is 236. The van der Waals surface area contributed by atoms with E-state index in [1.165, 1.54) is 0 Å². The van der Waals surface area contributed by atoms with E-state index in [0.717, 1.165) is 12.1 Å². The molecule has 0 saturated heterocycles. The molecule has 0 atom stereocenters. The maximum absolute atomic E-state index is 5.39. The molecule has 72 valence electrons. The maximum Gasteiger partial charge on any atom is 0.188 e. The fourth-order valence-corrected chi connectivity index (χ4v) is 0.919. The van der Waals surface area contributed by atoms with Crippen molar-refractivity contribution in [2.45, 2.75) is 6.42 Å². The van der Waals surface area contributed by atoms with Crippen LogP contribution in [0.1, 0.15) is 5.69 Å². The van der Waals surface area contributed by atoms with Crippen molar-refractivity contribution < 1.29 is 9.47 Å². The molecule has 13 heavy (non-hydrogen) atoms. The Hall–Kier alpha value is -1.13. The van der Waals surface area contributed by atoms with E-state index in [1.54, 1.807) is 13.3 Å². The predicted octanol–water partition coefficient (Wildman–Crippen LogP) is 0.566. The van der Waals surface area contributed by atoms with Gasteiger partial charge in [-0.2, -0.15) is 0 Å². The first-order valence-corrected chi connectivity index (χ1v) is 4.13. The lowest BCUT2D eigenvalue weighted by atomic mass is 10.3. The molecule has 0 fully saturated rings. The number of ether oxygens (including phenoxy) is 2. The Morgan fingerprint density at radius 3 is 2.85 bits per heavy atom. The number of pyridine rings is 1. The van der Waals surface area contributed by atoms with Crippen LogP contribution in [-0.2, 0) is 11.2 Å². The molecule has 0 amide bonds. The summed E-state index contributed by atoms with van der Waals surface area (Å²) in [6.07, 6.45) is 2.47. The first kappa shape index (κ1) is 9.95. The largest absolute Gasteiger partial charge is 0.466 e.